The van der Waals surface area contributed by atoms with Crippen LogP contribution >= 0.6 is 22.6 Å². The normalized spacial score (nSPS) is 16.8. The minimum atomic E-state index is -0.462. The number of nitrogens with zero attached hydrogens (tertiary/aromatic N) is 3. The molecule has 0 saturated carbocycles. The summed E-state index contributed by atoms with van der Waals surface area (Å²) in [5, 5.41) is 9.16. The molecule has 0 aliphatic carbocycles. The van der Waals surface area contributed by atoms with Crippen LogP contribution in [0.25, 0.3) is 0 Å². The van der Waals surface area contributed by atoms with E-state index in [0.717, 1.165) is 22.2 Å². The lowest BCUT2D eigenvalue weighted by atomic mass is 10.0. The van der Waals surface area contributed by atoms with Crippen molar-refractivity contribution in [3.8, 4) is 6.07 Å². The Morgan fingerprint density at radius 1 is 1.25 bits per heavy atom. The van der Waals surface area contributed by atoms with Gasteiger partial charge in [0.1, 0.15) is 5.54 Å². The van der Waals surface area contributed by atoms with Crippen LogP contribution in [-0.4, -0.2) is 47.4 Å². The van der Waals surface area contributed by atoms with E-state index in [4.69, 9.17) is 5.26 Å². The average Bonchev–Trinajstić information content (AvgIpc) is 2.47. The number of benzene rings is 1. The van der Waals surface area contributed by atoms with Crippen molar-refractivity contribution in [3.63, 3.8) is 0 Å². The van der Waals surface area contributed by atoms with Crippen LogP contribution in [0.1, 0.15) is 24.2 Å². The Kier molecular flexibility index (Phi) is 4.66. The highest BCUT2D eigenvalue weighted by atomic mass is 127. The topological polar surface area (TPSA) is 47.3 Å². The third kappa shape index (κ3) is 3.13. The molecule has 1 amide bonds. The van der Waals surface area contributed by atoms with E-state index in [1.165, 1.54) is 0 Å². The molecule has 0 atom stereocenters. The van der Waals surface area contributed by atoms with Crippen LogP contribution in [0.3, 0.4) is 0 Å². The van der Waals surface area contributed by atoms with Crippen molar-refractivity contribution in [2.75, 3.05) is 26.2 Å². The zero-order chi connectivity index (χ0) is 14.8. The molecular formula is C15H18IN3O. The number of piperazine rings is 1. The van der Waals surface area contributed by atoms with Crippen LogP contribution in [-0.2, 0) is 0 Å². The van der Waals surface area contributed by atoms with Gasteiger partial charge in [-0.25, -0.2) is 0 Å². The van der Waals surface area contributed by atoms with Gasteiger partial charge in [0.25, 0.3) is 5.91 Å². The van der Waals surface area contributed by atoms with Gasteiger partial charge in [-0.15, -0.1) is 0 Å². The highest BCUT2D eigenvalue weighted by molar-refractivity contribution is 14.1. The fraction of sp³-hybridized carbons (Fsp3) is 0.467. The lowest BCUT2D eigenvalue weighted by Crippen LogP contribution is -2.55. The molecule has 0 radical (unpaired) electrons. The Balaban J connectivity index is 2.03. The minimum absolute atomic E-state index is 0.0874. The summed E-state index contributed by atoms with van der Waals surface area (Å²) in [5.41, 5.74) is 0.303. The van der Waals surface area contributed by atoms with Crippen molar-refractivity contribution >= 4 is 28.5 Å². The van der Waals surface area contributed by atoms with Crippen LogP contribution in [0.4, 0.5) is 0 Å². The standard InChI is InChI=1S/C15H18IN3O/c1-15(2,11-17)19-9-7-18(8-10-19)14(20)12-5-3-4-6-13(12)16/h3-6H,7-10H2,1-2H3. The molecule has 0 unspecified atom stereocenters. The Labute approximate surface area is 133 Å². The van der Waals surface area contributed by atoms with E-state index in [1.807, 2.05) is 43.0 Å². The monoisotopic (exact) mass is 383 g/mol. The van der Waals surface area contributed by atoms with E-state index < -0.39 is 5.54 Å². The number of hydrogen-bond donors (Lipinski definition) is 0. The molecule has 1 aliphatic heterocycles. The summed E-state index contributed by atoms with van der Waals surface area (Å²) in [5.74, 6) is 0.0874. The second-order valence-corrected chi connectivity index (χ2v) is 6.59. The van der Waals surface area contributed by atoms with Crippen LogP contribution in [0.2, 0.25) is 0 Å². The summed E-state index contributed by atoms with van der Waals surface area (Å²) in [6.07, 6.45) is 0. The Morgan fingerprint density at radius 3 is 2.40 bits per heavy atom. The number of hydrogen-bond acceptors (Lipinski definition) is 3. The molecule has 0 bridgehead atoms. The van der Waals surface area contributed by atoms with Gasteiger partial charge in [0.2, 0.25) is 0 Å². The zero-order valence-corrected chi connectivity index (χ0v) is 13.9. The van der Waals surface area contributed by atoms with Gasteiger partial charge in [0.05, 0.1) is 11.6 Å². The first-order valence-corrected chi connectivity index (χ1v) is 7.73. The molecule has 1 aromatic rings. The molecule has 1 aliphatic rings. The molecule has 2 rings (SSSR count). The number of halogens is 1. The van der Waals surface area contributed by atoms with Crippen LogP contribution in [0.5, 0.6) is 0 Å². The molecular weight excluding hydrogens is 365 g/mol. The number of amides is 1. The maximum atomic E-state index is 12.5. The second-order valence-electron chi connectivity index (χ2n) is 5.43. The predicted molar refractivity (Wildman–Crippen MR) is 86.3 cm³/mol. The number of carbonyl (C=O) groups excluding carboxylic acids is 1. The van der Waals surface area contributed by atoms with Gasteiger partial charge in [0, 0.05) is 29.7 Å². The second kappa shape index (κ2) is 6.10. The van der Waals surface area contributed by atoms with Crippen LogP contribution in [0.15, 0.2) is 24.3 Å². The van der Waals surface area contributed by atoms with E-state index in [0.29, 0.717) is 13.1 Å². The van der Waals surface area contributed by atoms with Crippen LogP contribution in [0, 0.1) is 14.9 Å². The van der Waals surface area contributed by atoms with E-state index >= 15 is 0 Å². The van der Waals surface area contributed by atoms with Crippen molar-refractivity contribution in [1.82, 2.24) is 9.80 Å². The lowest BCUT2D eigenvalue weighted by molar-refractivity contribution is 0.0520. The quantitative estimate of drug-likeness (QED) is 0.737. The van der Waals surface area contributed by atoms with E-state index in [9.17, 15) is 4.79 Å². The summed E-state index contributed by atoms with van der Waals surface area (Å²) in [4.78, 5) is 16.5. The Morgan fingerprint density at radius 2 is 1.85 bits per heavy atom. The first-order chi connectivity index (χ1) is 9.45. The van der Waals surface area contributed by atoms with E-state index in [-0.39, 0.29) is 5.91 Å². The SMILES string of the molecule is CC(C)(C#N)N1CCN(C(=O)c2ccccc2I)CC1. The summed E-state index contributed by atoms with van der Waals surface area (Å²) >= 11 is 2.19. The lowest BCUT2D eigenvalue weighted by Gasteiger charge is -2.40. The summed E-state index contributed by atoms with van der Waals surface area (Å²) < 4.78 is 0.981. The third-order valence-electron chi connectivity index (χ3n) is 3.74. The molecule has 0 N–H and O–H groups in total. The van der Waals surface area contributed by atoms with Gasteiger partial charge < -0.3 is 4.90 Å². The zero-order valence-electron chi connectivity index (χ0n) is 11.8. The molecule has 4 nitrogen and oxygen atoms in total. The highest BCUT2D eigenvalue weighted by Gasteiger charge is 2.31. The molecule has 1 saturated heterocycles. The van der Waals surface area contributed by atoms with Gasteiger partial charge in [-0.3, -0.25) is 9.69 Å². The van der Waals surface area contributed by atoms with Gasteiger partial charge >= 0.3 is 0 Å². The van der Waals surface area contributed by atoms with Gasteiger partial charge in [-0.05, 0) is 48.6 Å². The van der Waals surface area contributed by atoms with Crippen molar-refractivity contribution < 1.29 is 4.79 Å². The molecule has 5 heteroatoms. The first kappa shape index (κ1) is 15.3. The average molecular weight is 383 g/mol. The van der Waals surface area contributed by atoms with E-state index in [2.05, 4.69) is 33.6 Å². The molecule has 20 heavy (non-hydrogen) atoms. The molecule has 1 heterocycles. The van der Waals surface area contributed by atoms with Crippen LogP contribution < -0.4 is 0 Å². The number of carbonyl (C=O) groups is 1. The molecule has 106 valence electrons. The van der Waals surface area contributed by atoms with Gasteiger partial charge in [0.15, 0.2) is 0 Å². The third-order valence-corrected chi connectivity index (χ3v) is 4.68. The number of nitriles is 1. The summed E-state index contributed by atoms with van der Waals surface area (Å²) in [7, 11) is 0. The predicted octanol–water partition coefficient (Wildman–Crippen LogP) is 2.35. The largest absolute Gasteiger partial charge is 0.336 e. The number of rotatable bonds is 2. The van der Waals surface area contributed by atoms with Crippen molar-refractivity contribution in [2.45, 2.75) is 19.4 Å². The van der Waals surface area contributed by atoms with Gasteiger partial charge in [-0.2, -0.15) is 5.26 Å². The first-order valence-electron chi connectivity index (χ1n) is 6.66. The maximum Gasteiger partial charge on any atom is 0.255 e. The smallest absolute Gasteiger partial charge is 0.255 e. The van der Waals surface area contributed by atoms with Crippen molar-refractivity contribution in [3.05, 3.63) is 33.4 Å². The molecule has 0 aromatic heterocycles. The van der Waals surface area contributed by atoms with Gasteiger partial charge in [-0.1, -0.05) is 12.1 Å². The fourth-order valence-corrected chi connectivity index (χ4v) is 2.96. The maximum absolute atomic E-state index is 12.5. The summed E-state index contributed by atoms with van der Waals surface area (Å²) in [6, 6.07) is 9.96. The fourth-order valence-electron chi connectivity index (χ4n) is 2.34. The molecule has 1 aromatic carbocycles. The van der Waals surface area contributed by atoms with E-state index in [1.54, 1.807) is 0 Å². The molecule has 0 spiro atoms. The Hall–Kier alpha value is -1.13. The van der Waals surface area contributed by atoms with Crippen molar-refractivity contribution in [2.24, 2.45) is 0 Å². The minimum Gasteiger partial charge on any atom is -0.336 e. The molecule has 1 fully saturated rings. The summed E-state index contributed by atoms with van der Waals surface area (Å²) in [6.45, 7) is 6.69. The Bertz CT molecular complexity index is 542. The van der Waals surface area contributed by atoms with Crippen molar-refractivity contribution in [1.29, 1.82) is 5.26 Å². The highest BCUT2D eigenvalue weighted by Crippen LogP contribution is 2.19.